The number of benzene rings is 1. The van der Waals surface area contributed by atoms with E-state index in [9.17, 15) is 5.26 Å². The molecule has 4 atom stereocenters. The van der Waals surface area contributed by atoms with Crippen LogP contribution in [0.25, 0.3) is 11.1 Å². The molecule has 6 heterocycles. The predicted octanol–water partition coefficient (Wildman–Crippen LogP) is 4.17. The summed E-state index contributed by atoms with van der Waals surface area (Å²) in [6.45, 7) is 6.14. The molecule has 4 fully saturated rings. The van der Waals surface area contributed by atoms with Gasteiger partial charge in [0, 0.05) is 48.6 Å². The lowest BCUT2D eigenvalue weighted by Gasteiger charge is -2.43. The van der Waals surface area contributed by atoms with Crippen molar-refractivity contribution in [3.8, 4) is 28.8 Å². The molecular weight excluding hydrogens is 638 g/mol. The molecular formula is C35H43N11O4. The molecule has 8 rings (SSSR count). The summed E-state index contributed by atoms with van der Waals surface area (Å²) in [6, 6.07) is 9.77. The molecule has 2 bridgehead atoms. The Kier molecular flexibility index (Phi) is 9.56. The zero-order valence-corrected chi connectivity index (χ0v) is 28.3. The number of nitriles is 1. The van der Waals surface area contributed by atoms with E-state index in [0.29, 0.717) is 73.0 Å². The fourth-order valence-electron chi connectivity index (χ4n) is 7.88. The molecule has 15 heteroatoms. The van der Waals surface area contributed by atoms with Crippen LogP contribution < -0.4 is 14.8 Å². The lowest BCUT2D eigenvalue weighted by atomic mass is 9.89. The molecule has 0 radical (unpaired) electrons. The number of hydrogen-bond acceptors (Lipinski definition) is 13. The number of morpholine rings is 1. The van der Waals surface area contributed by atoms with Crippen LogP contribution in [0.5, 0.6) is 11.6 Å². The van der Waals surface area contributed by atoms with Gasteiger partial charge >= 0.3 is 0 Å². The first kappa shape index (κ1) is 32.5. The Morgan fingerprint density at radius 2 is 1.74 bits per heavy atom. The van der Waals surface area contributed by atoms with E-state index in [-0.39, 0.29) is 6.10 Å². The van der Waals surface area contributed by atoms with Crippen LogP contribution >= 0.6 is 0 Å². The number of hydrogen-bond donors (Lipinski definition) is 1. The van der Waals surface area contributed by atoms with E-state index in [2.05, 4.69) is 46.5 Å². The van der Waals surface area contributed by atoms with Crippen LogP contribution in [0.3, 0.4) is 0 Å². The highest BCUT2D eigenvalue weighted by atomic mass is 16.5. The highest BCUT2D eigenvalue weighted by Crippen LogP contribution is 2.39. The van der Waals surface area contributed by atoms with Crippen LogP contribution in [0.2, 0.25) is 0 Å². The number of nitrogens with zero attached hydrogens (tertiary/aromatic N) is 10. The molecule has 1 aromatic carbocycles. The largest absolute Gasteiger partial charge is 0.487 e. The van der Waals surface area contributed by atoms with Gasteiger partial charge in [-0.3, -0.25) is 9.58 Å². The van der Waals surface area contributed by atoms with Gasteiger partial charge in [-0.15, -0.1) is 10.2 Å². The summed E-state index contributed by atoms with van der Waals surface area (Å²) < 4.78 is 27.5. The van der Waals surface area contributed by atoms with Gasteiger partial charge in [-0.1, -0.05) is 6.07 Å². The van der Waals surface area contributed by atoms with Gasteiger partial charge in [-0.05, 0) is 80.0 Å². The van der Waals surface area contributed by atoms with Crippen LogP contribution in [-0.2, 0) is 16.0 Å². The Bertz CT molecular complexity index is 1750. The first-order chi connectivity index (χ1) is 24.6. The molecule has 50 heavy (non-hydrogen) atoms. The molecule has 3 saturated heterocycles. The Balaban J connectivity index is 0.953. The summed E-state index contributed by atoms with van der Waals surface area (Å²) >= 11 is 0. The van der Waals surface area contributed by atoms with Crippen LogP contribution in [0.4, 0.5) is 11.6 Å². The smallest absolute Gasteiger partial charge is 0.256 e. The maximum atomic E-state index is 9.69. The van der Waals surface area contributed by atoms with Crippen molar-refractivity contribution in [3.63, 3.8) is 0 Å². The van der Waals surface area contributed by atoms with Crippen LogP contribution in [-0.4, -0.2) is 102 Å². The number of rotatable bonds is 12. The first-order valence-corrected chi connectivity index (χ1v) is 17.8. The first-order valence-electron chi connectivity index (χ1n) is 17.8. The standard InChI is InChI=1S/C35H43N11O4/c1-23(16-44-22-39-42-43-44)50-33-12-25(2-3-26(33)13-36)27-14-37-35(38-15-27)40-32-17-45(41-34(32)49-19-24-10-11-47-18-24)28-4-6-29(7-5-28)46-30-8-9-31(46)21-48-20-30/h2-3,12,14-15,17,22-24,28-31H,4-11,16,18-21H2,1H3,(H,37,38,40)/t23-,24?,28?,29?,30+,31+/m0/s1. The minimum Gasteiger partial charge on any atom is -0.487 e. The van der Waals surface area contributed by atoms with Crippen molar-refractivity contribution < 1.29 is 18.9 Å². The topological polar surface area (TPSA) is 163 Å². The van der Waals surface area contributed by atoms with E-state index in [0.717, 1.165) is 55.9 Å². The second-order valence-corrected chi connectivity index (χ2v) is 13.9. The van der Waals surface area contributed by atoms with Crippen molar-refractivity contribution in [2.75, 3.05) is 38.4 Å². The van der Waals surface area contributed by atoms with E-state index in [4.69, 9.17) is 24.0 Å². The molecule has 15 nitrogen and oxygen atoms in total. The fourth-order valence-corrected chi connectivity index (χ4v) is 7.88. The number of aromatic nitrogens is 8. The second-order valence-electron chi connectivity index (χ2n) is 13.9. The number of tetrazole rings is 1. The van der Waals surface area contributed by atoms with E-state index in [1.165, 1.54) is 32.0 Å². The number of nitrogens with one attached hydrogen (secondary N) is 1. The third kappa shape index (κ3) is 7.14. The van der Waals surface area contributed by atoms with E-state index >= 15 is 0 Å². The Morgan fingerprint density at radius 1 is 0.960 bits per heavy atom. The van der Waals surface area contributed by atoms with Gasteiger partial charge in [0.1, 0.15) is 29.9 Å². The molecule has 0 spiro atoms. The summed E-state index contributed by atoms with van der Waals surface area (Å²) in [4.78, 5) is 12.0. The monoisotopic (exact) mass is 681 g/mol. The van der Waals surface area contributed by atoms with Gasteiger partial charge in [-0.2, -0.15) is 5.26 Å². The molecule has 1 aliphatic carbocycles. The van der Waals surface area contributed by atoms with E-state index in [1.807, 2.05) is 25.3 Å². The lowest BCUT2D eigenvalue weighted by Crippen LogP contribution is -2.52. The van der Waals surface area contributed by atoms with E-state index in [1.54, 1.807) is 23.1 Å². The van der Waals surface area contributed by atoms with Gasteiger partial charge in [-0.25, -0.2) is 14.6 Å². The van der Waals surface area contributed by atoms with Gasteiger partial charge in [0.25, 0.3) is 5.88 Å². The normalized spacial score (nSPS) is 25.6. The molecule has 1 saturated carbocycles. The van der Waals surface area contributed by atoms with Crippen molar-refractivity contribution in [1.29, 1.82) is 5.26 Å². The molecule has 0 amide bonds. The Morgan fingerprint density at radius 3 is 2.46 bits per heavy atom. The quantitative estimate of drug-likeness (QED) is 0.227. The molecule has 4 aromatic rings. The SMILES string of the molecule is C[C@@H](Cn1cnnn1)Oc1cc(-c2cnc(Nc3cn(C4CCC(N5[C@@H]6CC[C@@H]5COC6)CC4)nc3OCC3CCOC3)nc2)ccc1C#N. The molecule has 3 aliphatic heterocycles. The summed E-state index contributed by atoms with van der Waals surface area (Å²) in [5, 5.41) is 29.2. The molecule has 4 aliphatic rings. The summed E-state index contributed by atoms with van der Waals surface area (Å²) in [5.74, 6) is 1.82. The highest BCUT2D eigenvalue weighted by Gasteiger charge is 2.42. The van der Waals surface area contributed by atoms with Gasteiger partial charge in [0.2, 0.25) is 5.95 Å². The summed E-state index contributed by atoms with van der Waals surface area (Å²) in [7, 11) is 0. The third-order valence-corrected chi connectivity index (χ3v) is 10.4. The minimum absolute atomic E-state index is 0.267. The van der Waals surface area contributed by atoms with Crippen molar-refractivity contribution in [1.82, 2.24) is 44.9 Å². The zero-order chi connectivity index (χ0) is 33.9. The van der Waals surface area contributed by atoms with Crippen LogP contribution in [0.1, 0.15) is 63.5 Å². The van der Waals surface area contributed by atoms with E-state index < -0.39 is 0 Å². The fraction of sp³-hybridized carbons (Fsp3) is 0.571. The third-order valence-electron chi connectivity index (χ3n) is 10.4. The number of fused-ring (bicyclic) bond motifs is 2. The average Bonchev–Trinajstić information content (AvgIpc) is 3.97. The highest BCUT2D eigenvalue weighted by molar-refractivity contribution is 5.67. The Hall–Kier alpha value is -4.65. The molecule has 3 aromatic heterocycles. The van der Waals surface area contributed by atoms with Crippen LogP contribution in [0, 0.1) is 17.2 Å². The van der Waals surface area contributed by atoms with Crippen molar-refractivity contribution in [2.45, 2.75) is 88.7 Å². The van der Waals surface area contributed by atoms with Gasteiger partial charge in [0.05, 0.1) is 50.8 Å². The predicted molar refractivity (Wildman–Crippen MR) is 181 cm³/mol. The van der Waals surface area contributed by atoms with Crippen molar-refractivity contribution in [3.05, 3.63) is 48.7 Å². The minimum atomic E-state index is -0.267. The second kappa shape index (κ2) is 14.7. The molecule has 262 valence electrons. The maximum Gasteiger partial charge on any atom is 0.256 e. The average molecular weight is 682 g/mol. The maximum absolute atomic E-state index is 9.69. The van der Waals surface area contributed by atoms with Gasteiger partial charge < -0.3 is 24.3 Å². The molecule has 1 N–H and O–H groups in total. The van der Waals surface area contributed by atoms with Gasteiger partial charge in [0.15, 0.2) is 0 Å². The summed E-state index contributed by atoms with van der Waals surface area (Å²) in [5.41, 5.74) is 2.80. The van der Waals surface area contributed by atoms with Crippen LogP contribution in [0.15, 0.2) is 43.1 Å². The Labute approximate surface area is 290 Å². The zero-order valence-electron chi connectivity index (χ0n) is 28.3. The molecule has 1 unspecified atom stereocenters. The van der Waals surface area contributed by atoms with Crippen molar-refractivity contribution >= 4 is 11.6 Å². The van der Waals surface area contributed by atoms with Crippen molar-refractivity contribution in [2.24, 2.45) is 5.92 Å². The summed E-state index contributed by atoms with van der Waals surface area (Å²) in [6.07, 6.45) is 14.8. The lowest BCUT2D eigenvalue weighted by molar-refractivity contribution is -0.0458. The number of ether oxygens (including phenoxy) is 4. The number of anilines is 2.